The summed E-state index contributed by atoms with van der Waals surface area (Å²) >= 11 is 0. The summed E-state index contributed by atoms with van der Waals surface area (Å²) in [7, 11) is -0.350. The molecule has 0 saturated carbocycles. The number of halogens is 3. The lowest BCUT2D eigenvalue weighted by Gasteiger charge is -2.19. The highest BCUT2D eigenvalue weighted by molar-refractivity contribution is 7.84. The number of aromatic nitrogens is 3. The fraction of sp³-hybridized carbons (Fsp3) is 0.417. The first-order chi connectivity index (χ1) is 18.0. The predicted octanol–water partition coefficient (Wildman–Crippen LogP) is 4.45. The van der Waals surface area contributed by atoms with Gasteiger partial charge in [-0.25, -0.2) is 19.1 Å². The smallest absolute Gasteiger partial charge is 0.484 e. The number of carbonyl (C=O) groups excluding carboxylic acids is 2. The van der Waals surface area contributed by atoms with Crippen LogP contribution in [0, 0.1) is 6.92 Å². The molecule has 1 amide bonds. The van der Waals surface area contributed by atoms with Crippen LogP contribution in [0.1, 0.15) is 24.6 Å². The molecule has 3 rings (SSSR count). The Kier molecular flexibility index (Phi) is 9.66. The minimum atomic E-state index is -4.51. The molecular weight excluding hydrogens is 529 g/mol. The molecule has 0 fully saturated rings. The van der Waals surface area contributed by atoms with Crippen LogP contribution in [-0.2, 0) is 26.0 Å². The van der Waals surface area contributed by atoms with Crippen molar-refractivity contribution < 1.29 is 41.2 Å². The summed E-state index contributed by atoms with van der Waals surface area (Å²) in [6, 6.07) is 7.55. The number of pyridine rings is 1. The summed E-state index contributed by atoms with van der Waals surface area (Å²) in [5, 5.41) is -0.0337. The van der Waals surface area contributed by atoms with Crippen LogP contribution in [0.5, 0.6) is 5.75 Å². The molecule has 0 N–H and O–H groups in total. The third-order valence-corrected chi connectivity index (χ3v) is 6.51. The summed E-state index contributed by atoms with van der Waals surface area (Å²) in [4.78, 5) is 34.6. The number of imidazole rings is 1. The van der Waals surface area contributed by atoms with E-state index in [4.69, 9.17) is 9.47 Å². The second kappa shape index (κ2) is 12.7. The van der Waals surface area contributed by atoms with Crippen molar-refractivity contribution in [1.82, 2.24) is 19.4 Å². The van der Waals surface area contributed by atoms with Gasteiger partial charge in [0, 0.05) is 25.4 Å². The summed E-state index contributed by atoms with van der Waals surface area (Å²) < 4.78 is 66.9. The topological polar surface area (TPSA) is 113 Å². The lowest BCUT2D eigenvalue weighted by atomic mass is 10.2. The number of fused-ring (bicyclic) bond motifs is 1. The molecule has 0 spiro atoms. The summed E-state index contributed by atoms with van der Waals surface area (Å²) in [6.07, 6.45) is -3.71. The van der Waals surface area contributed by atoms with Gasteiger partial charge in [0.25, 0.3) is 0 Å². The SMILES string of the molecule is CCOC(=O)OCCCN(C)C(=O)n1c([S@@](=O)Cc2nccc(OCC(F)(F)F)c2C)nc2ccccc21. The molecule has 0 aliphatic carbocycles. The molecule has 0 unspecified atom stereocenters. The zero-order chi connectivity index (χ0) is 27.9. The molecule has 0 radical (unpaired) electrons. The first kappa shape index (κ1) is 28.9. The number of hydrogen-bond donors (Lipinski definition) is 0. The number of carbonyl (C=O) groups is 2. The molecular formula is C24H27F3N4O6S. The Balaban J connectivity index is 1.80. The Morgan fingerprint density at radius 1 is 1.16 bits per heavy atom. The van der Waals surface area contributed by atoms with Crippen LogP contribution in [0.3, 0.4) is 0 Å². The maximum Gasteiger partial charge on any atom is 0.508 e. The van der Waals surface area contributed by atoms with Gasteiger partial charge >= 0.3 is 18.4 Å². The van der Waals surface area contributed by atoms with E-state index in [1.54, 1.807) is 38.2 Å². The Hall–Kier alpha value is -3.68. The highest BCUT2D eigenvalue weighted by atomic mass is 32.2. The fourth-order valence-electron chi connectivity index (χ4n) is 3.43. The number of ether oxygens (including phenoxy) is 3. The monoisotopic (exact) mass is 556 g/mol. The largest absolute Gasteiger partial charge is 0.508 e. The predicted molar refractivity (Wildman–Crippen MR) is 131 cm³/mol. The number of alkyl halides is 3. The summed E-state index contributed by atoms with van der Waals surface area (Å²) in [6.45, 7) is 2.15. The van der Waals surface area contributed by atoms with Crippen LogP contribution in [-0.4, -0.2) is 75.4 Å². The van der Waals surface area contributed by atoms with E-state index in [0.717, 1.165) is 0 Å². The average molecular weight is 557 g/mol. The summed E-state index contributed by atoms with van der Waals surface area (Å²) in [5.74, 6) is -0.235. The lowest BCUT2D eigenvalue weighted by Crippen LogP contribution is -2.33. The van der Waals surface area contributed by atoms with Gasteiger partial charge in [-0.05, 0) is 38.5 Å². The maximum absolute atomic E-state index is 13.4. The Morgan fingerprint density at radius 2 is 1.89 bits per heavy atom. The van der Waals surface area contributed by atoms with Crippen molar-refractivity contribution in [3.63, 3.8) is 0 Å². The normalized spacial score (nSPS) is 12.3. The number of hydrogen-bond acceptors (Lipinski definition) is 8. The van der Waals surface area contributed by atoms with Crippen LogP contribution < -0.4 is 4.74 Å². The van der Waals surface area contributed by atoms with E-state index >= 15 is 0 Å². The first-order valence-corrected chi connectivity index (χ1v) is 12.9. The highest BCUT2D eigenvalue weighted by Gasteiger charge is 2.29. The zero-order valence-electron chi connectivity index (χ0n) is 21.0. The lowest BCUT2D eigenvalue weighted by molar-refractivity contribution is -0.153. The van der Waals surface area contributed by atoms with Gasteiger partial charge in [0.15, 0.2) is 6.61 Å². The van der Waals surface area contributed by atoms with Crippen molar-refractivity contribution in [1.29, 1.82) is 0 Å². The van der Waals surface area contributed by atoms with E-state index < -0.39 is 35.8 Å². The van der Waals surface area contributed by atoms with Crippen LogP contribution in [0.2, 0.25) is 0 Å². The van der Waals surface area contributed by atoms with Gasteiger partial charge in [0.1, 0.15) is 5.75 Å². The van der Waals surface area contributed by atoms with E-state index in [-0.39, 0.29) is 42.1 Å². The number of benzene rings is 1. The van der Waals surface area contributed by atoms with Crippen molar-refractivity contribution in [2.24, 2.45) is 0 Å². The Labute approximate surface area is 219 Å². The van der Waals surface area contributed by atoms with E-state index in [2.05, 4.69) is 14.7 Å². The van der Waals surface area contributed by atoms with E-state index in [1.807, 2.05) is 0 Å². The second-order valence-corrected chi connectivity index (χ2v) is 9.43. The highest BCUT2D eigenvalue weighted by Crippen LogP contribution is 2.26. The fourth-order valence-corrected chi connectivity index (χ4v) is 4.68. The number of amides is 1. The molecule has 10 nitrogen and oxygen atoms in total. The van der Waals surface area contributed by atoms with Gasteiger partial charge in [0.2, 0.25) is 5.16 Å². The average Bonchev–Trinajstić information content (AvgIpc) is 3.26. The van der Waals surface area contributed by atoms with Crippen molar-refractivity contribution in [3.8, 4) is 5.75 Å². The quantitative estimate of drug-likeness (QED) is 0.266. The number of para-hydroxylation sites is 2. The van der Waals surface area contributed by atoms with E-state index in [1.165, 1.54) is 28.7 Å². The molecule has 2 heterocycles. The molecule has 0 bridgehead atoms. The van der Waals surface area contributed by atoms with Crippen molar-refractivity contribution in [3.05, 3.63) is 47.8 Å². The van der Waals surface area contributed by atoms with E-state index in [0.29, 0.717) is 23.0 Å². The van der Waals surface area contributed by atoms with Gasteiger partial charge in [-0.3, -0.25) is 9.19 Å². The third kappa shape index (κ3) is 7.43. The molecule has 0 aliphatic heterocycles. The van der Waals surface area contributed by atoms with Gasteiger partial charge in [-0.2, -0.15) is 13.2 Å². The Bertz CT molecular complexity index is 1310. The van der Waals surface area contributed by atoms with Crippen LogP contribution in [0.25, 0.3) is 11.0 Å². The Morgan fingerprint density at radius 3 is 2.61 bits per heavy atom. The van der Waals surface area contributed by atoms with Crippen molar-refractivity contribution in [2.45, 2.75) is 37.4 Å². The van der Waals surface area contributed by atoms with Crippen molar-refractivity contribution >= 4 is 34.0 Å². The summed E-state index contributed by atoms with van der Waals surface area (Å²) in [5.41, 5.74) is 1.42. The molecule has 14 heteroatoms. The van der Waals surface area contributed by atoms with Crippen molar-refractivity contribution in [2.75, 3.05) is 33.4 Å². The second-order valence-electron chi connectivity index (χ2n) is 8.08. The number of rotatable bonds is 10. The molecule has 1 atom stereocenters. The first-order valence-electron chi connectivity index (χ1n) is 11.6. The van der Waals surface area contributed by atoms with Gasteiger partial charge in [-0.15, -0.1) is 0 Å². The molecule has 0 saturated heterocycles. The number of nitrogens with zero attached hydrogens (tertiary/aromatic N) is 4. The molecule has 38 heavy (non-hydrogen) atoms. The third-order valence-electron chi connectivity index (χ3n) is 5.29. The molecule has 206 valence electrons. The van der Waals surface area contributed by atoms with Crippen LogP contribution >= 0.6 is 0 Å². The molecule has 3 aromatic rings. The van der Waals surface area contributed by atoms with Crippen LogP contribution in [0.15, 0.2) is 41.7 Å². The minimum Gasteiger partial charge on any atom is -0.484 e. The van der Waals surface area contributed by atoms with Gasteiger partial charge < -0.3 is 19.1 Å². The van der Waals surface area contributed by atoms with Gasteiger partial charge in [0.05, 0.1) is 46.5 Å². The molecule has 0 aliphatic rings. The maximum atomic E-state index is 13.4. The molecule has 2 aromatic heterocycles. The minimum absolute atomic E-state index is 0.0290. The molecule has 1 aromatic carbocycles. The van der Waals surface area contributed by atoms with Gasteiger partial charge in [-0.1, -0.05) is 12.1 Å². The van der Waals surface area contributed by atoms with E-state index in [9.17, 15) is 27.0 Å². The zero-order valence-corrected chi connectivity index (χ0v) is 21.8. The van der Waals surface area contributed by atoms with Crippen LogP contribution in [0.4, 0.5) is 22.8 Å². The standard InChI is InChI=1S/C24H27F3N4O6S/c1-4-35-23(33)36-13-7-12-30(3)22(32)31-19-9-6-5-8-17(19)29-21(31)38(34)14-18-16(2)20(10-11-28-18)37-15-24(25,26)27/h5-6,8-11H,4,7,12-15H2,1-3H3/t38-/m0/s1.